The number of ether oxygens (including phenoxy) is 1. The fourth-order valence-corrected chi connectivity index (χ4v) is 1.42. The number of halogens is 1. The third-order valence-corrected chi connectivity index (χ3v) is 2.13. The Balaban J connectivity index is 2.61. The zero-order valence-corrected chi connectivity index (χ0v) is 8.97. The van der Waals surface area contributed by atoms with E-state index < -0.39 is 0 Å². The molecule has 76 valence electrons. The van der Waals surface area contributed by atoms with Crippen LogP contribution >= 0.6 is 11.6 Å². The monoisotopic (exact) mass is 211 g/mol. The van der Waals surface area contributed by atoms with Crippen molar-refractivity contribution in [3.8, 4) is 5.75 Å². The maximum atomic E-state index is 5.97. The quantitative estimate of drug-likeness (QED) is 0.597. The summed E-state index contributed by atoms with van der Waals surface area (Å²) in [7, 11) is 1.61. The lowest BCUT2D eigenvalue weighted by Crippen LogP contribution is -2.12. The van der Waals surface area contributed by atoms with Crippen LogP contribution in [-0.4, -0.2) is 13.7 Å². The van der Waals surface area contributed by atoms with Gasteiger partial charge in [-0.25, -0.2) is 0 Å². The SMILES string of the molecule is C=CCNCc1ccc(OC)c(Cl)c1. The van der Waals surface area contributed by atoms with Gasteiger partial charge in [0, 0.05) is 13.1 Å². The zero-order valence-electron chi connectivity index (χ0n) is 8.22. The van der Waals surface area contributed by atoms with Crippen LogP contribution in [0.1, 0.15) is 5.56 Å². The Hall–Kier alpha value is -0.990. The molecule has 0 aliphatic carbocycles. The molecule has 0 atom stereocenters. The molecule has 14 heavy (non-hydrogen) atoms. The van der Waals surface area contributed by atoms with E-state index in [4.69, 9.17) is 16.3 Å². The Labute approximate surface area is 89.5 Å². The number of hydrogen-bond acceptors (Lipinski definition) is 2. The lowest BCUT2D eigenvalue weighted by atomic mass is 10.2. The molecule has 1 N–H and O–H groups in total. The van der Waals surface area contributed by atoms with Crippen molar-refractivity contribution < 1.29 is 4.74 Å². The molecule has 2 nitrogen and oxygen atoms in total. The average Bonchev–Trinajstić information content (AvgIpc) is 2.18. The zero-order chi connectivity index (χ0) is 10.4. The van der Waals surface area contributed by atoms with E-state index in [-0.39, 0.29) is 0 Å². The van der Waals surface area contributed by atoms with Gasteiger partial charge in [0.25, 0.3) is 0 Å². The van der Waals surface area contributed by atoms with Gasteiger partial charge in [-0.3, -0.25) is 0 Å². The highest BCUT2D eigenvalue weighted by molar-refractivity contribution is 6.32. The summed E-state index contributed by atoms with van der Waals surface area (Å²) in [5, 5.41) is 3.84. The van der Waals surface area contributed by atoms with Gasteiger partial charge in [0.05, 0.1) is 12.1 Å². The minimum Gasteiger partial charge on any atom is -0.495 e. The third kappa shape index (κ3) is 3.05. The van der Waals surface area contributed by atoms with Gasteiger partial charge in [-0.05, 0) is 17.7 Å². The van der Waals surface area contributed by atoms with Crippen LogP contribution in [-0.2, 0) is 6.54 Å². The van der Waals surface area contributed by atoms with Crippen molar-refractivity contribution in [2.24, 2.45) is 0 Å². The van der Waals surface area contributed by atoms with Gasteiger partial charge in [0.15, 0.2) is 0 Å². The van der Waals surface area contributed by atoms with E-state index in [1.54, 1.807) is 7.11 Å². The molecule has 0 heterocycles. The van der Waals surface area contributed by atoms with Gasteiger partial charge < -0.3 is 10.1 Å². The second kappa shape index (κ2) is 5.68. The summed E-state index contributed by atoms with van der Waals surface area (Å²) in [5.74, 6) is 0.708. The first kappa shape index (κ1) is 11.1. The number of benzene rings is 1. The molecule has 0 unspecified atom stereocenters. The maximum absolute atomic E-state index is 5.97. The summed E-state index contributed by atoms with van der Waals surface area (Å²) in [5.41, 5.74) is 1.14. The van der Waals surface area contributed by atoms with Crippen LogP contribution in [0.25, 0.3) is 0 Å². The van der Waals surface area contributed by atoms with Crippen molar-refractivity contribution in [1.82, 2.24) is 5.32 Å². The Morgan fingerprint density at radius 1 is 1.57 bits per heavy atom. The smallest absolute Gasteiger partial charge is 0.137 e. The Bertz CT molecular complexity index is 312. The summed E-state index contributed by atoms with van der Waals surface area (Å²) >= 11 is 5.97. The first-order valence-corrected chi connectivity index (χ1v) is 4.79. The average molecular weight is 212 g/mol. The van der Waals surface area contributed by atoms with Crippen molar-refractivity contribution >= 4 is 11.6 Å². The lowest BCUT2D eigenvalue weighted by molar-refractivity contribution is 0.415. The van der Waals surface area contributed by atoms with Crippen LogP contribution in [0.15, 0.2) is 30.9 Å². The van der Waals surface area contributed by atoms with Crippen molar-refractivity contribution in [3.05, 3.63) is 41.4 Å². The minimum atomic E-state index is 0.644. The molecule has 3 heteroatoms. The normalized spacial score (nSPS) is 9.86. The van der Waals surface area contributed by atoms with Gasteiger partial charge in [-0.1, -0.05) is 23.7 Å². The van der Waals surface area contributed by atoms with Gasteiger partial charge in [-0.2, -0.15) is 0 Å². The number of methoxy groups -OCH3 is 1. The van der Waals surface area contributed by atoms with E-state index in [1.165, 1.54) is 0 Å². The number of nitrogens with one attached hydrogen (secondary N) is 1. The van der Waals surface area contributed by atoms with E-state index in [9.17, 15) is 0 Å². The fraction of sp³-hybridized carbons (Fsp3) is 0.273. The summed E-state index contributed by atoms with van der Waals surface area (Å²) < 4.78 is 5.06. The number of rotatable bonds is 5. The van der Waals surface area contributed by atoms with Crippen LogP contribution < -0.4 is 10.1 Å². The van der Waals surface area contributed by atoms with E-state index >= 15 is 0 Å². The van der Waals surface area contributed by atoms with Gasteiger partial charge in [0.1, 0.15) is 5.75 Å². The molecule has 1 rings (SSSR count). The van der Waals surface area contributed by atoms with Crippen molar-refractivity contribution in [2.75, 3.05) is 13.7 Å². The molecule has 0 amide bonds. The van der Waals surface area contributed by atoms with Crippen LogP contribution in [0.3, 0.4) is 0 Å². The Morgan fingerprint density at radius 2 is 2.36 bits per heavy atom. The predicted molar refractivity (Wildman–Crippen MR) is 59.9 cm³/mol. The van der Waals surface area contributed by atoms with Crippen LogP contribution in [0.4, 0.5) is 0 Å². The fourth-order valence-electron chi connectivity index (χ4n) is 1.14. The minimum absolute atomic E-state index is 0.644. The predicted octanol–water partition coefficient (Wildman–Crippen LogP) is 2.62. The van der Waals surface area contributed by atoms with Crippen molar-refractivity contribution in [1.29, 1.82) is 0 Å². The van der Waals surface area contributed by atoms with Crippen LogP contribution in [0.5, 0.6) is 5.75 Å². The standard InChI is InChI=1S/C11H14ClNO/c1-3-6-13-8-9-4-5-11(14-2)10(12)7-9/h3-5,7,13H,1,6,8H2,2H3. The highest BCUT2D eigenvalue weighted by Crippen LogP contribution is 2.24. The van der Waals surface area contributed by atoms with Crippen LogP contribution in [0, 0.1) is 0 Å². The third-order valence-electron chi connectivity index (χ3n) is 1.83. The van der Waals surface area contributed by atoms with Gasteiger partial charge >= 0.3 is 0 Å². The first-order valence-electron chi connectivity index (χ1n) is 4.42. The lowest BCUT2D eigenvalue weighted by Gasteiger charge is -2.06. The van der Waals surface area contributed by atoms with Crippen molar-refractivity contribution in [3.63, 3.8) is 0 Å². The van der Waals surface area contributed by atoms with Gasteiger partial charge in [-0.15, -0.1) is 6.58 Å². The summed E-state index contributed by atoms with van der Waals surface area (Å²) in [6.07, 6.45) is 1.82. The highest BCUT2D eigenvalue weighted by atomic mass is 35.5. The molecule has 1 aromatic carbocycles. The molecule has 0 aliphatic rings. The van der Waals surface area contributed by atoms with E-state index in [2.05, 4.69) is 11.9 Å². The van der Waals surface area contributed by atoms with Crippen molar-refractivity contribution in [2.45, 2.75) is 6.54 Å². The molecule has 0 bridgehead atoms. The molecule has 1 aromatic rings. The molecule has 0 radical (unpaired) electrons. The van der Waals surface area contributed by atoms with Crippen LogP contribution in [0.2, 0.25) is 5.02 Å². The Kier molecular flexibility index (Phi) is 4.50. The molecule has 0 spiro atoms. The largest absolute Gasteiger partial charge is 0.495 e. The first-order chi connectivity index (χ1) is 6.77. The molecule has 0 fully saturated rings. The molecular weight excluding hydrogens is 198 g/mol. The molecule has 0 aliphatic heterocycles. The summed E-state index contributed by atoms with van der Waals surface area (Å²) in [6, 6.07) is 5.75. The van der Waals surface area contributed by atoms with E-state index in [0.717, 1.165) is 18.7 Å². The molecule has 0 saturated heterocycles. The second-order valence-corrected chi connectivity index (χ2v) is 3.30. The summed E-state index contributed by atoms with van der Waals surface area (Å²) in [4.78, 5) is 0. The second-order valence-electron chi connectivity index (χ2n) is 2.89. The van der Waals surface area contributed by atoms with E-state index in [0.29, 0.717) is 10.8 Å². The highest BCUT2D eigenvalue weighted by Gasteiger charge is 2.00. The molecule has 0 aromatic heterocycles. The maximum Gasteiger partial charge on any atom is 0.137 e. The van der Waals surface area contributed by atoms with Gasteiger partial charge in [0.2, 0.25) is 0 Å². The molecule has 0 saturated carbocycles. The number of hydrogen-bond donors (Lipinski definition) is 1. The Morgan fingerprint density at radius 3 is 2.93 bits per heavy atom. The summed E-state index contributed by atoms with van der Waals surface area (Å²) in [6.45, 7) is 5.21. The topological polar surface area (TPSA) is 21.3 Å². The molecular formula is C11H14ClNO. The van der Waals surface area contributed by atoms with E-state index in [1.807, 2.05) is 24.3 Å².